The van der Waals surface area contributed by atoms with Crippen molar-refractivity contribution in [3.63, 3.8) is 0 Å². The first-order chi connectivity index (χ1) is 7.71. The summed E-state index contributed by atoms with van der Waals surface area (Å²) in [5.74, 6) is -3.85. The van der Waals surface area contributed by atoms with E-state index in [1.54, 1.807) is 0 Å². The molecule has 0 aliphatic rings. The average molecular weight is 332 g/mol. The van der Waals surface area contributed by atoms with Gasteiger partial charge in [0.05, 0.1) is 3.79 Å². The molecule has 9 heteroatoms. The van der Waals surface area contributed by atoms with E-state index in [1.165, 1.54) is 16.8 Å². The van der Waals surface area contributed by atoms with Gasteiger partial charge in [0.2, 0.25) is 0 Å². The standard InChI is InChI=1S/C8H5BrF3NO3S/c9-4-1-3(2-17-4)5(6(14)15)13-7(16)8(10,11)12/h1-2,5H,(H,13,16)(H,14,15). The van der Waals surface area contributed by atoms with Gasteiger partial charge in [-0.1, -0.05) is 0 Å². The SMILES string of the molecule is O=C(O)C(NC(=O)C(F)(F)F)c1csc(Br)c1. The molecule has 0 aliphatic heterocycles. The molecule has 0 saturated carbocycles. The second kappa shape index (κ2) is 5.05. The van der Waals surface area contributed by atoms with E-state index in [1.807, 2.05) is 0 Å². The lowest BCUT2D eigenvalue weighted by molar-refractivity contribution is -0.175. The summed E-state index contributed by atoms with van der Waals surface area (Å²) in [4.78, 5) is 21.4. The maximum absolute atomic E-state index is 12.0. The summed E-state index contributed by atoms with van der Waals surface area (Å²) in [7, 11) is 0. The van der Waals surface area contributed by atoms with Crippen molar-refractivity contribution >= 4 is 39.1 Å². The summed E-state index contributed by atoms with van der Waals surface area (Å²) in [6, 6.07) is -0.383. The topological polar surface area (TPSA) is 66.4 Å². The molecular weight excluding hydrogens is 327 g/mol. The summed E-state index contributed by atoms with van der Waals surface area (Å²) < 4.78 is 36.5. The zero-order valence-corrected chi connectivity index (χ0v) is 10.3. The zero-order valence-electron chi connectivity index (χ0n) is 7.92. The molecule has 1 heterocycles. The van der Waals surface area contributed by atoms with Crippen molar-refractivity contribution < 1.29 is 27.9 Å². The highest BCUT2D eigenvalue weighted by Gasteiger charge is 2.41. The molecule has 0 aromatic carbocycles. The van der Waals surface area contributed by atoms with Gasteiger partial charge in [-0.15, -0.1) is 11.3 Å². The van der Waals surface area contributed by atoms with E-state index in [0.717, 1.165) is 11.3 Å². The lowest BCUT2D eigenvalue weighted by Gasteiger charge is -2.14. The smallest absolute Gasteiger partial charge is 0.471 e. The van der Waals surface area contributed by atoms with Crippen LogP contribution in [0.4, 0.5) is 13.2 Å². The molecule has 1 aromatic rings. The Labute approximate surface area is 106 Å². The third-order valence-electron chi connectivity index (χ3n) is 1.70. The fraction of sp³-hybridized carbons (Fsp3) is 0.250. The lowest BCUT2D eigenvalue weighted by Crippen LogP contribution is -2.41. The van der Waals surface area contributed by atoms with Crippen molar-refractivity contribution in [1.82, 2.24) is 5.32 Å². The zero-order chi connectivity index (χ0) is 13.2. The number of halogens is 4. The molecule has 0 saturated heterocycles. The molecule has 17 heavy (non-hydrogen) atoms. The van der Waals surface area contributed by atoms with Crippen molar-refractivity contribution in [2.75, 3.05) is 0 Å². The third-order valence-corrected chi connectivity index (χ3v) is 3.22. The number of rotatable bonds is 3. The normalized spacial score (nSPS) is 13.2. The summed E-state index contributed by atoms with van der Waals surface area (Å²) in [5, 5.41) is 11.5. The minimum absolute atomic E-state index is 0.0759. The van der Waals surface area contributed by atoms with Gasteiger partial charge in [0.15, 0.2) is 6.04 Å². The van der Waals surface area contributed by atoms with Gasteiger partial charge >= 0.3 is 18.1 Å². The van der Waals surface area contributed by atoms with Crippen LogP contribution in [-0.4, -0.2) is 23.2 Å². The van der Waals surface area contributed by atoms with Crippen LogP contribution in [0.5, 0.6) is 0 Å². The van der Waals surface area contributed by atoms with Crippen molar-refractivity contribution in [2.45, 2.75) is 12.2 Å². The quantitative estimate of drug-likeness (QED) is 0.893. The molecule has 1 amide bonds. The van der Waals surface area contributed by atoms with Crippen LogP contribution in [0.15, 0.2) is 15.2 Å². The first-order valence-electron chi connectivity index (χ1n) is 4.06. The first kappa shape index (κ1) is 14.0. The van der Waals surface area contributed by atoms with E-state index in [2.05, 4.69) is 15.9 Å². The summed E-state index contributed by atoms with van der Waals surface area (Å²) in [6.45, 7) is 0. The van der Waals surface area contributed by atoms with Gasteiger partial charge in [0.25, 0.3) is 0 Å². The van der Waals surface area contributed by atoms with E-state index in [-0.39, 0.29) is 5.56 Å². The van der Waals surface area contributed by atoms with Crippen LogP contribution in [0, 0.1) is 0 Å². The van der Waals surface area contributed by atoms with Gasteiger partial charge in [-0.05, 0) is 32.9 Å². The Morgan fingerprint density at radius 3 is 2.41 bits per heavy atom. The van der Waals surface area contributed by atoms with Crippen LogP contribution in [0.25, 0.3) is 0 Å². The van der Waals surface area contributed by atoms with Crippen LogP contribution in [0.3, 0.4) is 0 Å². The number of thiophene rings is 1. The minimum Gasteiger partial charge on any atom is -0.479 e. The molecule has 0 radical (unpaired) electrons. The van der Waals surface area contributed by atoms with Crippen molar-refractivity contribution in [3.05, 3.63) is 20.8 Å². The number of carboxylic acid groups (broad SMARTS) is 1. The molecule has 1 unspecified atom stereocenters. The Balaban J connectivity index is 2.89. The summed E-state index contributed by atoms with van der Waals surface area (Å²) in [6.07, 6.45) is -5.11. The van der Waals surface area contributed by atoms with Crippen LogP contribution in [-0.2, 0) is 9.59 Å². The number of aliphatic carboxylic acids is 1. The second-order valence-electron chi connectivity index (χ2n) is 2.93. The number of alkyl halides is 3. The number of hydrogen-bond acceptors (Lipinski definition) is 3. The molecule has 0 aliphatic carbocycles. The van der Waals surface area contributed by atoms with Crippen LogP contribution < -0.4 is 5.32 Å². The van der Waals surface area contributed by atoms with E-state index in [9.17, 15) is 22.8 Å². The fourth-order valence-corrected chi connectivity index (χ4v) is 2.18. The number of carbonyl (C=O) groups excluding carboxylic acids is 1. The Bertz CT molecular complexity index is 445. The molecule has 0 spiro atoms. The largest absolute Gasteiger partial charge is 0.479 e. The highest BCUT2D eigenvalue weighted by Crippen LogP contribution is 2.26. The minimum atomic E-state index is -5.11. The van der Waals surface area contributed by atoms with Crippen LogP contribution >= 0.6 is 27.3 Å². The first-order valence-corrected chi connectivity index (χ1v) is 5.73. The monoisotopic (exact) mass is 331 g/mol. The summed E-state index contributed by atoms with van der Waals surface area (Å²) >= 11 is 4.15. The van der Waals surface area contributed by atoms with Gasteiger partial charge < -0.3 is 10.4 Å². The number of hydrogen-bond donors (Lipinski definition) is 2. The number of carboxylic acids is 1. The van der Waals surface area contributed by atoms with Crippen LogP contribution in [0.1, 0.15) is 11.6 Å². The molecule has 1 rings (SSSR count). The van der Waals surface area contributed by atoms with Crippen molar-refractivity contribution in [3.8, 4) is 0 Å². The van der Waals surface area contributed by atoms with E-state index in [0.29, 0.717) is 3.79 Å². The van der Waals surface area contributed by atoms with Crippen LogP contribution in [0.2, 0.25) is 0 Å². The van der Waals surface area contributed by atoms with Gasteiger partial charge in [-0.2, -0.15) is 13.2 Å². The summed E-state index contributed by atoms with van der Waals surface area (Å²) in [5.41, 5.74) is 0.0759. The molecule has 94 valence electrons. The molecule has 4 nitrogen and oxygen atoms in total. The Kier molecular flexibility index (Phi) is 4.15. The van der Waals surface area contributed by atoms with Gasteiger partial charge in [0.1, 0.15) is 0 Å². The maximum atomic E-state index is 12.0. The molecule has 0 fully saturated rings. The molecule has 0 bridgehead atoms. The van der Waals surface area contributed by atoms with Gasteiger partial charge in [-0.25, -0.2) is 4.79 Å². The van der Waals surface area contributed by atoms with E-state index >= 15 is 0 Å². The predicted octanol–water partition coefficient (Wildman–Crippen LogP) is 2.31. The van der Waals surface area contributed by atoms with Crippen molar-refractivity contribution in [2.24, 2.45) is 0 Å². The fourth-order valence-electron chi connectivity index (χ4n) is 0.975. The van der Waals surface area contributed by atoms with Gasteiger partial charge in [-0.3, -0.25) is 4.79 Å². The Morgan fingerprint density at radius 1 is 1.47 bits per heavy atom. The molecule has 1 aromatic heterocycles. The molecular formula is C8H5BrF3NO3S. The predicted molar refractivity (Wildman–Crippen MR) is 56.6 cm³/mol. The highest BCUT2D eigenvalue weighted by atomic mass is 79.9. The van der Waals surface area contributed by atoms with Gasteiger partial charge in [0, 0.05) is 0 Å². The third kappa shape index (κ3) is 3.70. The Hall–Kier alpha value is -1.09. The highest BCUT2D eigenvalue weighted by molar-refractivity contribution is 9.11. The molecule has 1 atom stereocenters. The molecule has 2 N–H and O–H groups in total. The van der Waals surface area contributed by atoms with Crippen molar-refractivity contribution in [1.29, 1.82) is 0 Å². The number of carbonyl (C=O) groups is 2. The lowest BCUT2D eigenvalue weighted by atomic mass is 10.1. The maximum Gasteiger partial charge on any atom is 0.471 e. The number of nitrogens with one attached hydrogen (secondary N) is 1. The Morgan fingerprint density at radius 2 is 2.06 bits per heavy atom. The van der Waals surface area contributed by atoms with E-state index in [4.69, 9.17) is 5.11 Å². The average Bonchev–Trinajstić information content (AvgIpc) is 2.58. The second-order valence-corrected chi connectivity index (χ2v) is 5.22. The number of amides is 1. The van der Waals surface area contributed by atoms with E-state index < -0.39 is 24.1 Å².